The number of ether oxygens (including phenoxy) is 1. The molecule has 1 heterocycles. The molecular weight excluding hydrogens is 278 g/mol. The number of hydrogen-bond donors (Lipinski definition) is 1. The standard InChI is InChI=1S/C17H21N3O2/c1-12(11-22-2)18-17(21)16-10-15(13-8-9-13)19-20(16)14-6-4-3-5-7-14/h3-7,10,12-13H,8-9,11H2,1-2H3,(H,18,21)/t12-/m0/s1. The van der Waals surface area contributed by atoms with E-state index in [-0.39, 0.29) is 11.9 Å². The molecule has 1 saturated carbocycles. The number of nitrogens with zero attached hydrogens (tertiary/aromatic N) is 2. The van der Waals surface area contributed by atoms with E-state index in [1.807, 2.05) is 43.3 Å². The van der Waals surface area contributed by atoms with Crippen molar-refractivity contribution in [2.75, 3.05) is 13.7 Å². The third kappa shape index (κ3) is 3.20. The van der Waals surface area contributed by atoms with Gasteiger partial charge in [-0.1, -0.05) is 18.2 Å². The first-order chi connectivity index (χ1) is 10.7. The summed E-state index contributed by atoms with van der Waals surface area (Å²) in [6.07, 6.45) is 2.32. The Labute approximate surface area is 130 Å². The Kier molecular flexibility index (Phi) is 4.24. The van der Waals surface area contributed by atoms with Crippen LogP contribution in [-0.2, 0) is 4.74 Å². The van der Waals surface area contributed by atoms with Gasteiger partial charge in [-0.2, -0.15) is 5.10 Å². The van der Waals surface area contributed by atoms with Crippen molar-refractivity contribution in [3.63, 3.8) is 0 Å². The van der Waals surface area contributed by atoms with Crippen molar-refractivity contribution >= 4 is 5.91 Å². The van der Waals surface area contributed by atoms with Crippen LogP contribution in [0.1, 0.15) is 41.9 Å². The van der Waals surface area contributed by atoms with E-state index in [0.717, 1.165) is 24.2 Å². The van der Waals surface area contributed by atoms with E-state index >= 15 is 0 Å². The van der Waals surface area contributed by atoms with Crippen molar-refractivity contribution in [2.24, 2.45) is 0 Å². The van der Waals surface area contributed by atoms with Gasteiger partial charge >= 0.3 is 0 Å². The summed E-state index contributed by atoms with van der Waals surface area (Å²) in [7, 11) is 1.63. The maximum Gasteiger partial charge on any atom is 0.270 e. The fraction of sp³-hybridized carbons (Fsp3) is 0.412. The van der Waals surface area contributed by atoms with E-state index in [0.29, 0.717) is 18.2 Å². The van der Waals surface area contributed by atoms with Gasteiger partial charge in [-0.05, 0) is 38.0 Å². The van der Waals surface area contributed by atoms with Crippen molar-refractivity contribution in [2.45, 2.75) is 31.7 Å². The summed E-state index contributed by atoms with van der Waals surface area (Å²) in [6.45, 7) is 2.41. The number of amides is 1. The molecular formula is C17H21N3O2. The van der Waals surface area contributed by atoms with Crippen molar-refractivity contribution in [3.8, 4) is 5.69 Å². The lowest BCUT2D eigenvalue weighted by atomic mass is 10.2. The SMILES string of the molecule is COC[C@H](C)NC(=O)c1cc(C2CC2)nn1-c1ccccc1. The fourth-order valence-electron chi connectivity index (χ4n) is 2.50. The van der Waals surface area contributed by atoms with E-state index in [9.17, 15) is 4.79 Å². The average molecular weight is 299 g/mol. The van der Waals surface area contributed by atoms with Gasteiger partial charge in [0.05, 0.1) is 18.0 Å². The van der Waals surface area contributed by atoms with Crippen LogP contribution in [0.15, 0.2) is 36.4 Å². The second-order valence-electron chi connectivity index (χ2n) is 5.81. The minimum atomic E-state index is -0.118. The van der Waals surface area contributed by atoms with Crippen LogP contribution in [0.5, 0.6) is 0 Å². The first-order valence-corrected chi connectivity index (χ1v) is 7.64. The third-order valence-electron chi connectivity index (χ3n) is 3.75. The zero-order valence-electron chi connectivity index (χ0n) is 13.0. The number of aromatic nitrogens is 2. The molecule has 1 aliphatic rings. The number of hydrogen-bond acceptors (Lipinski definition) is 3. The number of rotatable bonds is 6. The summed E-state index contributed by atoms with van der Waals surface area (Å²) >= 11 is 0. The van der Waals surface area contributed by atoms with E-state index in [2.05, 4.69) is 10.4 Å². The van der Waals surface area contributed by atoms with E-state index in [4.69, 9.17) is 4.74 Å². The molecule has 5 nitrogen and oxygen atoms in total. The molecule has 5 heteroatoms. The highest BCUT2D eigenvalue weighted by atomic mass is 16.5. The van der Waals surface area contributed by atoms with Crippen LogP contribution in [0, 0.1) is 0 Å². The fourth-order valence-corrected chi connectivity index (χ4v) is 2.50. The van der Waals surface area contributed by atoms with Crippen LogP contribution < -0.4 is 5.32 Å². The quantitative estimate of drug-likeness (QED) is 0.891. The molecule has 0 unspecified atom stereocenters. The van der Waals surface area contributed by atoms with Gasteiger partial charge in [0.1, 0.15) is 5.69 Å². The van der Waals surface area contributed by atoms with Gasteiger partial charge in [0.2, 0.25) is 0 Å². The predicted octanol–water partition coefficient (Wildman–Crippen LogP) is 2.51. The molecule has 1 N–H and O–H groups in total. The maximum absolute atomic E-state index is 12.6. The lowest BCUT2D eigenvalue weighted by molar-refractivity contribution is 0.0898. The third-order valence-corrected chi connectivity index (χ3v) is 3.75. The van der Waals surface area contributed by atoms with E-state index in [1.165, 1.54) is 0 Å². The second kappa shape index (κ2) is 6.32. The van der Waals surface area contributed by atoms with E-state index < -0.39 is 0 Å². The molecule has 2 aromatic rings. The van der Waals surface area contributed by atoms with Crippen molar-refractivity contribution in [1.82, 2.24) is 15.1 Å². The highest BCUT2D eigenvalue weighted by Gasteiger charge is 2.29. The Bertz CT molecular complexity index is 647. The Morgan fingerprint density at radius 1 is 1.41 bits per heavy atom. The van der Waals surface area contributed by atoms with Crippen LogP contribution in [0.4, 0.5) is 0 Å². The van der Waals surface area contributed by atoms with Gasteiger partial charge in [-0.25, -0.2) is 4.68 Å². The number of carbonyl (C=O) groups is 1. The number of benzene rings is 1. The van der Waals surface area contributed by atoms with Crippen LogP contribution in [0.25, 0.3) is 5.69 Å². The molecule has 3 rings (SSSR count). The highest BCUT2D eigenvalue weighted by molar-refractivity contribution is 5.93. The second-order valence-corrected chi connectivity index (χ2v) is 5.81. The van der Waals surface area contributed by atoms with Crippen LogP contribution >= 0.6 is 0 Å². The van der Waals surface area contributed by atoms with Crippen LogP contribution in [0.3, 0.4) is 0 Å². The predicted molar refractivity (Wildman–Crippen MR) is 84.3 cm³/mol. The molecule has 1 amide bonds. The molecule has 0 radical (unpaired) electrons. The van der Waals surface area contributed by atoms with Gasteiger partial charge in [0, 0.05) is 19.1 Å². The summed E-state index contributed by atoms with van der Waals surface area (Å²) < 4.78 is 6.81. The molecule has 1 aromatic carbocycles. The molecule has 1 atom stereocenters. The minimum Gasteiger partial charge on any atom is -0.383 e. The summed E-state index contributed by atoms with van der Waals surface area (Å²) in [5.74, 6) is 0.390. The summed E-state index contributed by atoms with van der Waals surface area (Å²) in [5.41, 5.74) is 2.49. The largest absolute Gasteiger partial charge is 0.383 e. The van der Waals surface area contributed by atoms with Crippen molar-refractivity contribution in [1.29, 1.82) is 0 Å². The van der Waals surface area contributed by atoms with E-state index in [1.54, 1.807) is 11.8 Å². The average Bonchev–Trinajstić information content (AvgIpc) is 3.27. The lowest BCUT2D eigenvalue weighted by Gasteiger charge is -2.13. The summed E-state index contributed by atoms with van der Waals surface area (Å²) in [6, 6.07) is 11.6. The Morgan fingerprint density at radius 3 is 2.77 bits per heavy atom. The number of para-hydroxylation sites is 1. The monoisotopic (exact) mass is 299 g/mol. The molecule has 22 heavy (non-hydrogen) atoms. The number of methoxy groups -OCH3 is 1. The summed E-state index contributed by atoms with van der Waals surface area (Å²) in [5, 5.41) is 7.60. The molecule has 0 aliphatic heterocycles. The van der Waals surface area contributed by atoms with Crippen LogP contribution in [0.2, 0.25) is 0 Å². The molecule has 1 fully saturated rings. The Balaban J connectivity index is 1.90. The van der Waals surface area contributed by atoms with Gasteiger partial charge in [0.25, 0.3) is 5.91 Å². The molecule has 1 aromatic heterocycles. The lowest BCUT2D eigenvalue weighted by Crippen LogP contribution is -2.36. The first kappa shape index (κ1) is 14.8. The maximum atomic E-state index is 12.6. The molecule has 0 bridgehead atoms. The minimum absolute atomic E-state index is 0.0407. The van der Waals surface area contributed by atoms with Crippen molar-refractivity contribution < 1.29 is 9.53 Å². The zero-order chi connectivity index (χ0) is 15.5. The molecule has 116 valence electrons. The van der Waals surface area contributed by atoms with Gasteiger partial charge in [0.15, 0.2) is 0 Å². The topological polar surface area (TPSA) is 56.1 Å². The van der Waals surface area contributed by atoms with Gasteiger partial charge < -0.3 is 10.1 Å². The van der Waals surface area contributed by atoms with Crippen LogP contribution in [-0.4, -0.2) is 35.4 Å². The molecule has 0 spiro atoms. The molecule has 0 saturated heterocycles. The van der Waals surface area contributed by atoms with Gasteiger partial charge in [-0.15, -0.1) is 0 Å². The Hall–Kier alpha value is -2.14. The highest BCUT2D eigenvalue weighted by Crippen LogP contribution is 2.39. The summed E-state index contributed by atoms with van der Waals surface area (Å²) in [4.78, 5) is 12.6. The van der Waals surface area contributed by atoms with Gasteiger partial charge in [-0.3, -0.25) is 4.79 Å². The van der Waals surface area contributed by atoms with Crippen molar-refractivity contribution in [3.05, 3.63) is 47.8 Å². The zero-order valence-corrected chi connectivity index (χ0v) is 13.0. The number of carbonyl (C=O) groups excluding carboxylic acids is 1. The molecule has 1 aliphatic carbocycles. The Morgan fingerprint density at radius 2 is 2.14 bits per heavy atom. The smallest absolute Gasteiger partial charge is 0.270 e. The normalized spacial score (nSPS) is 15.5. The first-order valence-electron chi connectivity index (χ1n) is 7.64. The number of nitrogens with one attached hydrogen (secondary N) is 1.